The Labute approximate surface area is 174 Å². The molecule has 3 heterocycles. The Bertz CT molecular complexity index is 1100. The molecule has 1 saturated heterocycles. The molecule has 0 atom stereocenters. The van der Waals surface area contributed by atoms with Gasteiger partial charge in [-0.25, -0.2) is 4.79 Å². The molecule has 1 aliphatic heterocycles. The van der Waals surface area contributed by atoms with Crippen LogP contribution in [0.1, 0.15) is 16.8 Å². The number of hydrogen-bond donors (Lipinski definition) is 1. The molecule has 0 aliphatic carbocycles. The number of amides is 1. The molecule has 1 fully saturated rings. The van der Waals surface area contributed by atoms with Crippen LogP contribution in [0.2, 0.25) is 0 Å². The van der Waals surface area contributed by atoms with Crippen molar-refractivity contribution in [3.05, 3.63) is 69.8 Å². The highest BCUT2D eigenvalue weighted by Gasteiger charge is 2.23. The molecule has 4 rings (SSSR count). The van der Waals surface area contributed by atoms with E-state index in [0.29, 0.717) is 24.2 Å². The Morgan fingerprint density at radius 3 is 2.70 bits per heavy atom. The number of piperazine rings is 1. The number of benzene rings is 1. The summed E-state index contributed by atoms with van der Waals surface area (Å²) < 4.78 is 5.33. The number of rotatable bonds is 5. The Balaban J connectivity index is 1.37. The fraction of sp³-hybridized carbons (Fsp3) is 0.348. The van der Waals surface area contributed by atoms with Gasteiger partial charge in [-0.05, 0) is 36.8 Å². The number of aromatic nitrogens is 1. The minimum atomic E-state index is -0.520. The summed E-state index contributed by atoms with van der Waals surface area (Å²) in [5, 5.41) is 10.3. The van der Waals surface area contributed by atoms with Gasteiger partial charge in [0.1, 0.15) is 11.3 Å². The van der Waals surface area contributed by atoms with Crippen molar-refractivity contribution >= 4 is 16.9 Å². The maximum Gasteiger partial charge on any atom is 0.340 e. The lowest BCUT2D eigenvalue weighted by molar-refractivity contribution is -0.132. The minimum absolute atomic E-state index is 0.0267. The van der Waals surface area contributed by atoms with Crippen molar-refractivity contribution in [1.29, 1.82) is 0 Å². The number of fused-ring (bicyclic) bond motifs is 1. The molecule has 0 saturated carbocycles. The molecular weight excluding hydrogens is 382 g/mol. The van der Waals surface area contributed by atoms with Gasteiger partial charge in [0.05, 0.1) is 12.0 Å². The molecule has 0 unspecified atom stereocenters. The van der Waals surface area contributed by atoms with Gasteiger partial charge in [-0.2, -0.15) is 0 Å². The number of aryl methyl sites for hydroxylation is 1. The Hall–Kier alpha value is -3.19. The molecule has 30 heavy (non-hydrogen) atoms. The molecule has 7 heteroatoms. The van der Waals surface area contributed by atoms with E-state index in [2.05, 4.69) is 9.88 Å². The minimum Gasteiger partial charge on any atom is -0.508 e. The molecule has 1 N–H and O–H groups in total. The maximum absolute atomic E-state index is 12.8. The average Bonchev–Trinajstić information content (AvgIpc) is 2.76. The Morgan fingerprint density at radius 1 is 1.17 bits per heavy atom. The van der Waals surface area contributed by atoms with Crippen LogP contribution in [0.5, 0.6) is 5.75 Å². The van der Waals surface area contributed by atoms with Gasteiger partial charge < -0.3 is 14.4 Å². The van der Waals surface area contributed by atoms with Crippen LogP contribution >= 0.6 is 0 Å². The summed E-state index contributed by atoms with van der Waals surface area (Å²) >= 11 is 0. The summed E-state index contributed by atoms with van der Waals surface area (Å²) in [5.74, 6) is -0.0253. The second kappa shape index (κ2) is 8.67. The van der Waals surface area contributed by atoms with Gasteiger partial charge in [-0.15, -0.1) is 0 Å². The van der Waals surface area contributed by atoms with E-state index in [1.807, 2.05) is 30.0 Å². The summed E-state index contributed by atoms with van der Waals surface area (Å²) in [7, 11) is 0. The molecule has 156 valence electrons. The highest BCUT2D eigenvalue weighted by atomic mass is 16.4. The average molecular weight is 407 g/mol. The van der Waals surface area contributed by atoms with Crippen molar-refractivity contribution in [2.45, 2.75) is 19.8 Å². The monoisotopic (exact) mass is 407 g/mol. The van der Waals surface area contributed by atoms with Gasteiger partial charge in [0.15, 0.2) is 0 Å². The van der Waals surface area contributed by atoms with Crippen molar-refractivity contribution in [3.63, 3.8) is 0 Å². The third-order valence-electron chi connectivity index (χ3n) is 5.73. The van der Waals surface area contributed by atoms with Gasteiger partial charge in [-0.3, -0.25) is 14.7 Å². The Morgan fingerprint density at radius 2 is 1.97 bits per heavy atom. The van der Waals surface area contributed by atoms with Gasteiger partial charge in [0.25, 0.3) is 0 Å². The first-order valence-electron chi connectivity index (χ1n) is 10.2. The molecule has 3 aromatic rings. The van der Waals surface area contributed by atoms with Gasteiger partial charge in [-0.1, -0.05) is 6.07 Å². The number of pyridine rings is 1. The normalized spacial score (nSPS) is 14.9. The molecule has 7 nitrogen and oxygen atoms in total. The zero-order valence-corrected chi connectivity index (χ0v) is 17.0. The molecule has 1 aliphatic rings. The van der Waals surface area contributed by atoms with Crippen molar-refractivity contribution in [2.24, 2.45) is 0 Å². The first-order chi connectivity index (χ1) is 14.5. The summed E-state index contributed by atoms with van der Waals surface area (Å²) in [6, 6.07) is 10.6. The predicted molar refractivity (Wildman–Crippen MR) is 114 cm³/mol. The lowest BCUT2D eigenvalue weighted by Crippen LogP contribution is -2.49. The van der Waals surface area contributed by atoms with Crippen LogP contribution < -0.4 is 5.63 Å². The molecule has 1 amide bonds. The van der Waals surface area contributed by atoms with E-state index in [1.54, 1.807) is 18.3 Å². The van der Waals surface area contributed by atoms with Gasteiger partial charge in [0, 0.05) is 62.5 Å². The maximum atomic E-state index is 12.8. The number of phenols is 1. The van der Waals surface area contributed by atoms with Crippen LogP contribution in [0.4, 0.5) is 0 Å². The molecule has 0 bridgehead atoms. The summed E-state index contributed by atoms with van der Waals surface area (Å²) in [5.41, 5.74) is 1.99. The fourth-order valence-electron chi connectivity index (χ4n) is 3.89. The first-order valence-corrected chi connectivity index (χ1v) is 10.2. The zero-order valence-electron chi connectivity index (χ0n) is 17.0. The van der Waals surface area contributed by atoms with E-state index >= 15 is 0 Å². The summed E-state index contributed by atoms with van der Waals surface area (Å²) in [6.45, 7) is 5.64. The van der Waals surface area contributed by atoms with E-state index in [0.717, 1.165) is 42.7 Å². The highest BCUT2D eigenvalue weighted by molar-refractivity contribution is 5.85. The molecule has 0 spiro atoms. The van der Waals surface area contributed by atoms with Gasteiger partial charge >= 0.3 is 5.63 Å². The van der Waals surface area contributed by atoms with E-state index in [9.17, 15) is 14.7 Å². The van der Waals surface area contributed by atoms with E-state index < -0.39 is 5.63 Å². The zero-order chi connectivity index (χ0) is 21.1. The quantitative estimate of drug-likeness (QED) is 0.652. The highest BCUT2D eigenvalue weighted by Crippen LogP contribution is 2.23. The number of nitrogens with zero attached hydrogens (tertiary/aromatic N) is 3. The smallest absolute Gasteiger partial charge is 0.340 e. The van der Waals surface area contributed by atoms with Crippen LogP contribution in [0.15, 0.2) is 51.8 Å². The standard InChI is InChI=1S/C23H25N3O4/c1-16-19-6-5-18(27)14-21(19)30-23(29)20(16)15-22(28)26-12-10-25(11-13-26)9-7-17-4-2-3-8-24-17/h2-6,8,14,27H,7,9-13,15H2,1H3. The van der Waals surface area contributed by atoms with Gasteiger partial charge in [0.2, 0.25) is 5.91 Å². The largest absolute Gasteiger partial charge is 0.508 e. The topological polar surface area (TPSA) is 86.9 Å². The van der Waals surface area contributed by atoms with Crippen LogP contribution in [-0.4, -0.2) is 58.5 Å². The second-order valence-electron chi connectivity index (χ2n) is 7.64. The molecular formula is C23H25N3O4. The predicted octanol–water partition coefficient (Wildman–Crippen LogP) is 2.13. The van der Waals surface area contributed by atoms with E-state index in [-0.39, 0.29) is 18.1 Å². The first kappa shape index (κ1) is 20.1. The lowest BCUT2D eigenvalue weighted by Gasteiger charge is -2.34. The Kier molecular flexibility index (Phi) is 5.81. The summed E-state index contributed by atoms with van der Waals surface area (Å²) in [6.07, 6.45) is 2.72. The summed E-state index contributed by atoms with van der Waals surface area (Å²) in [4.78, 5) is 33.8. The van der Waals surface area contributed by atoms with Crippen molar-refractivity contribution in [1.82, 2.24) is 14.8 Å². The number of carbonyl (C=O) groups excluding carboxylic acids is 1. The fourth-order valence-corrected chi connectivity index (χ4v) is 3.89. The molecule has 1 aromatic carbocycles. The van der Waals surface area contributed by atoms with Crippen molar-refractivity contribution in [2.75, 3.05) is 32.7 Å². The van der Waals surface area contributed by atoms with Crippen LogP contribution in [-0.2, 0) is 17.6 Å². The number of hydrogen-bond acceptors (Lipinski definition) is 6. The van der Waals surface area contributed by atoms with Crippen LogP contribution in [0.3, 0.4) is 0 Å². The van der Waals surface area contributed by atoms with E-state index in [1.165, 1.54) is 6.07 Å². The van der Waals surface area contributed by atoms with Crippen molar-refractivity contribution < 1.29 is 14.3 Å². The van der Waals surface area contributed by atoms with Crippen LogP contribution in [0.25, 0.3) is 11.0 Å². The molecule has 0 radical (unpaired) electrons. The lowest BCUT2D eigenvalue weighted by atomic mass is 10.0. The number of carbonyl (C=O) groups is 1. The third kappa shape index (κ3) is 4.36. The second-order valence-corrected chi connectivity index (χ2v) is 7.64. The third-order valence-corrected chi connectivity index (χ3v) is 5.73. The van der Waals surface area contributed by atoms with Crippen molar-refractivity contribution in [3.8, 4) is 5.75 Å². The molecule has 2 aromatic heterocycles. The SMILES string of the molecule is Cc1c(CC(=O)N2CCN(CCc3ccccn3)CC2)c(=O)oc2cc(O)ccc12. The van der Waals surface area contributed by atoms with Crippen LogP contribution in [0, 0.1) is 6.92 Å². The number of aromatic hydroxyl groups is 1. The number of phenolic OH excluding ortho intramolecular Hbond substituents is 1. The van der Waals surface area contributed by atoms with E-state index in [4.69, 9.17) is 4.42 Å².